The molecule has 10 heteroatoms. The molecular formula is C41H35N3O6S. The van der Waals surface area contributed by atoms with Gasteiger partial charge < -0.3 is 14.7 Å². The molecule has 1 amide bonds. The van der Waals surface area contributed by atoms with Crippen LogP contribution in [-0.4, -0.2) is 48.3 Å². The van der Waals surface area contributed by atoms with Crippen molar-refractivity contribution in [1.29, 1.82) is 0 Å². The van der Waals surface area contributed by atoms with E-state index in [2.05, 4.69) is 4.98 Å². The monoisotopic (exact) mass is 697 g/mol. The maximum Gasteiger partial charge on any atom is 0.341 e. The Labute approximate surface area is 297 Å². The highest BCUT2D eigenvalue weighted by molar-refractivity contribution is 7.89. The average Bonchev–Trinajstić information content (AvgIpc) is 3.18. The smallest absolute Gasteiger partial charge is 0.341 e. The van der Waals surface area contributed by atoms with Crippen molar-refractivity contribution in [2.24, 2.45) is 0 Å². The van der Waals surface area contributed by atoms with Crippen molar-refractivity contribution >= 4 is 27.6 Å². The van der Waals surface area contributed by atoms with Crippen LogP contribution in [0.1, 0.15) is 21.5 Å². The van der Waals surface area contributed by atoms with Crippen LogP contribution in [0.15, 0.2) is 157 Å². The second-order valence-electron chi connectivity index (χ2n) is 11.8. The molecule has 0 aliphatic heterocycles. The first-order valence-corrected chi connectivity index (χ1v) is 17.6. The van der Waals surface area contributed by atoms with Gasteiger partial charge in [0.1, 0.15) is 11.3 Å². The summed E-state index contributed by atoms with van der Waals surface area (Å²) in [7, 11) is -3.00. The zero-order chi connectivity index (χ0) is 35.8. The van der Waals surface area contributed by atoms with Crippen LogP contribution in [0.4, 0.5) is 5.69 Å². The largest absolute Gasteiger partial charge is 0.507 e. The van der Waals surface area contributed by atoms with Gasteiger partial charge in [-0.2, -0.15) is 4.31 Å². The minimum absolute atomic E-state index is 0.0359. The van der Waals surface area contributed by atoms with Crippen LogP contribution >= 0.6 is 0 Å². The molecule has 0 saturated heterocycles. The molecule has 6 rings (SSSR count). The number of carbonyl (C=O) groups excluding carboxylic acids is 2. The number of esters is 1. The predicted octanol–water partition coefficient (Wildman–Crippen LogP) is 7.33. The molecule has 51 heavy (non-hydrogen) atoms. The van der Waals surface area contributed by atoms with Gasteiger partial charge in [-0.1, -0.05) is 91.0 Å². The first kappa shape index (κ1) is 34.8. The Morgan fingerprint density at radius 2 is 1.27 bits per heavy atom. The number of phenols is 1. The number of nitrogens with zero attached hydrogens (tertiary/aromatic N) is 3. The van der Waals surface area contributed by atoms with Gasteiger partial charge in [-0.05, 0) is 81.9 Å². The van der Waals surface area contributed by atoms with Crippen LogP contribution in [0.25, 0.3) is 22.3 Å². The molecule has 0 bridgehead atoms. The number of aromatic nitrogens is 1. The van der Waals surface area contributed by atoms with E-state index < -0.39 is 28.4 Å². The van der Waals surface area contributed by atoms with Gasteiger partial charge in [-0.3, -0.25) is 9.78 Å². The molecule has 0 atom stereocenters. The lowest BCUT2D eigenvalue weighted by Gasteiger charge is -2.28. The van der Waals surface area contributed by atoms with Gasteiger partial charge in [0.05, 0.1) is 25.1 Å². The molecule has 0 radical (unpaired) electrons. The SMILES string of the molecule is COC(=O)c1cc(N(Cc2cccc(-c3ccncc3)c2)C(=O)CN(Cc2ccccc2)S(=O)(=O)c2ccc(-c3ccccc3)cc2)ccc1O. The first-order valence-electron chi connectivity index (χ1n) is 16.1. The van der Waals surface area contributed by atoms with Gasteiger partial charge in [0.2, 0.25) is 15.9 Å². The third kappa shape index (κ3) is 8.21. The number of amides is 1. The fourth-order valence-electron chi connectivity index (χ4n) is 5.71. The van der Waals surface area contributed by atoms with Crippen LogP contribution < -0.4 is 4.90 Å². The molecule has 9 nitrogen and oxygen atoms in total. The van der Waals surface area contributed by atoms with E-state index in [9.17, 15) is 23.1 Å². The maximum absolute atomic E-state index is 14.5. The standard InChI is InChI=1S/C41H35N3O6S/c1-50-41(47)38-26-36(17-20-39(38)45)44(28-31-11-8-14-35(25-31)34-21-23-42-24-22-34)40(46)29-43(27-30-9-4-2-5-10-30)51(48,49)37-18-15-33(16-19-37)32-12-6-3-7-13-32/h2-26,45H,27-29H2,1H3. The van der Waals surface area contributed by atoms with E-state index in [1.165, 1.54) is 30.2 Å². The number of hydrogen-bond acceptors (Lipinski definition) is 7. The molecule has 1 aromatic heterocycles. The summed E-state index contributed by atoms with van der Waals surface area (Å²) < 4.78 is 34.7. The molecule has 0 saturated carbocycles. The molecule has 256 valence electrons. The summed E-state index contributed by atoms with van der Waals surface area (Å²) >= 11 is 0. The van der Waals surface area contributed by atoms with Crippen LogP contribution in [0, 0.1) is 0 Å². The molecule has 0 fully saturated rings. The van der Waals surface area contributed by atoms with Crippen molar-refractivity contribution in [3.63, 3.8) is 0 Å². The Hall–Kier alpha value is -6.10. The highest BCUT2D eigenvalue weighted by atomic mass is 32.2. The van der Waals surface area contributed by atoms with Gasteiger partial charge >= 0.3 is 5.97 Å². The topological polar surface area (TPSA) is 117 Å². The Balaban J connectivity index is 1.38. The van der Waals surface area contributed by atoms with Crippen LogP contribution in [0.3, 0.4) is 0 Å². The summed E-state index contributed by atoms with van der Waals surface area (Å²) in [5.41, 5.74) is 5.22. The lowest BCUT2D eigenvalue weighted by atomic mass is 10.0. The summed E-state index contributed by atoms with van der Waals surface area (Å²) in [6.45, 7) is -0.548. The van der Waals surface area contributed by atoms with Crippen LogP contribution in [0.5, 0.6) is 5.75 Å². The number of anilines is 1. The highest BCUT2D eigenvalue weighted by Crippen LogP contribution is 2.29. The minimum Gasteiger partial charge on any atom is -0.507 e. The van der Waals surface area contributed by atoms with E-state index in [0.717, 1.165) is 32.1 Å². The molecule has 0 spiro atoms. The summed E-state index contributed by atoms with van der Waals surface area (Å²) in [4.78, 5) is 32.6. The van der Waals surface area contributed by atoms with E-state index in [4.69, 9.17) is 4.74 Å². The van der Waals surface area contributed by atoms with E-state index in [0.29, 0.717) is 5.56 Å². The summed E-state index contributed by atoms with van der Waals surface area (Å²) in [5.74, 6) is -1.65. The number of carbonyl (C=O) groups is 2. The fraction of sp³-hybridized carbons (Fsp3) is 0.0976. The number of benzene rings is 5. The van der Waals surface area contributed by atoms with E-state index in [1.807, 2.05) is 84.9 Å². The highest BCUT2D eigenvalue weighted by Gasteiger charge is 2.30. The second-order valence-corrected chi connectivity index (χ2v) is 13.7. The van der Waals surface area contributed by atoms with Crippen molar-refractivity contribution < 1.29 is 27.9 Å². The number of aromatic hydroxyl groups is 1. The molecule has 0 aliphatic carbocycles. The van der Waals surface area contributed by atoms with Crippen molar-refractivity contribution in [1.82, 2.24) is 9.29 Å². The number of methoxy groups -OCH3 is 1. The lowest BCUT2D eigenvalue weighted by molar-refractivity contribution is -0.119. The third-order valence-corrected chi connectivity index (χ3v) is 10.2. The molecule has 0 aliphatic rings. The van der Waals surface area contributed by atoms with E-state index >= 15 is 0 Å². The molecule has 5 aromatic carbocycles. The molecule has 0 unspecified atom stereocenters. The average molecular weight is 698 g/mol. The third-order valence-electron chi connectivity index (χ3n) is 8.39. The van der Waals surface area contributed by atoms with Crippen molar-refractivity contribution in [2.45, 2.75) is 18.0 Å². The van der Waals surface area contributed by atoms with Crippen molar-refractivity contribution in [3.05, 3.63) is 169 Å². The van der Waals surface area contributed by atoms with Crippen LogP contribution in [0.2, 0.25) is 0 Å². The number of rotatable bonds is 12. The zero-order valence-electron chi connectivity index (χ0n) is 27.8. The Bertz CT molecular complexity index is 2230. The van der Waals surface area contributed by atoms with E-state index in [-0.39, 0.29) is 35.0 Å². The summed E-state index contributed by atoms with van der Waals surface area (Å²) in [6, 6.07) is 40.8. The summed E-state index contributed by atoms with van der Waals surface area (Å²) in [5, 5.41) is 10.4. The predicted molar refractivity (Wildman–Crippen MR) is 196 cm³/mol. The van der Waals surface area contributed by atoms with Gasteiger partial charge in [0.15, 0.2) is 0 Å². The van der Waals surface area contributed by atoms with Gasteiger partial charge in [0.25, 0.3) is 0 Å². The number of hydrogen-bond donors (Lipinski definition) is 1. The number of pyridine rings is 1. The quantitative estimate of drug-likeness (QED) is 0.133. The Morgan fingerprint density at radius 3 is 1.96 bits per heavy atom. The van der Waals surface area contributed by atoms with Gasteiger partial charge in [0, 0.05) is 24.6 Å². The van der Waals surface area contributed by atoms with Crippen molar-refractivity contribution in [3.8, 4) is 28.0 Å². The molecule has 1 N–H and O–H groups in total. The Morgan fingerprint density at radius 1 is 0.667 bits per heavy atom. The zero-order valence-corrected chi connectivity index (χ0v) is 28.6. The maximum atomic E-state index is 14.5. The lowest BCUT2D eigenvalue weighted by Crippen LogP contribution is -2.42. The van der Waals surface area contributed by atoms with Gasteiger partial charge in [-0.25, -0.2) is 13.2 Å². The first-order chi connectivity index (χ1) is 24.7. The molecular weight excluding hydrogens is 663 g/mol. The summed E-state index contributed by atoms with van der Waals surface area (Å²) in [6.07, 6.45) is 3.39. The van der Waals surface area contributed by atoms with Crippen LogP contribution in [-0.2, 0) is 32.6 Å². The number of ether oxygens (including phenoxy) is 1. The molecule has 6 aromatic rings. The second kappa shape index (κ2) is 15.6. The normalized spacial score (nSPS) is 11.3. The van der Waals surface area contributed by atoms with E-state index in [1.54, 1.807) is 48.8 Å². The van der Waals surface area contributed by atoms with Gasteiger partial charge in [-0.15, -0.1) is 0 Å². The van der Waals surface area contributed by atoms with Crippen molar-refractivity contribution in [2.75, 3.05) is 18.6 Å². The molecule has 1 heterocycles. The number of phenolic OH excluding ortho intramolecular Hbond substituents is 1. The number of sulfonamides is 1. The Kier molecular flexibility index (Phi) is 10.6. The fourth-order valence-corrected chi connectivity index (χ4v) is 7.09. The minimum atomic E-state index is -4.19.